The maximum atomic E-state index is 13.2. The highest BCUT2D eigenvalue weighted by atomic mass is 19.1. The molecule has 2 aromatic rings. The van der Waals surface area contributed by atoms with E-state index in [0.29, 0.717) is 0 Å². The molecule has 2 rings (SSSR count). The van der Waals surface area contributed by atoms with Gasteiger partial charge in [0.1, 0.15) is 17.7 Å². The van der Waals surface area contributed by atoms with Crippen molar-refractivity contribution in [3.63, 3.8) is 0 Å². The summed E-state index contributed by atoms with van der Waals surface area (Å²) in [6.07, 6.45) is -0.256. The fourth-order valence-electron chi connectivity index (χ4n) is 2.47. The van der Waals surface area contributed by atoms with Crippen LogP contribution in [-0.2, 0) is 16.0 Å². The van der Waals surface area contributed by atoms with Crippen molar-refractivity contribution in [3.05, 3.63) is 71.3 Å². The summed E-state index contributed by atoms with van der Waals surface area (Å²) < 4.78 is 26.3. The third-order valence-electron chi connectivity index (χ3n) is 3.76. The van der Waals surface area contributed by atoms with Crippen LogP contribution in [0.5, 0.6) is 0 Å². The quantitative estimate of drug-likeness (QED) is 0.704. The van der Waals surface area contributed by atoms with Crippen LogP contribution in [0.1, 0.15) is 24.1 Å². The fourth-order valence-corrected chi connectivity index (χ4v) is 2.47. The number of carbonyl (C=O) groups is 2. The van der Waals surface area contributed by atoms with Gasteiger partial charge in [-0.05, 0) is 30.2 Å². The summed E-state index contributed by atoms with van der Waals surface area (Å²) in [5, 5.41) is 14.6. The molecule has 0 radical (unpaired) electrons. The summed E-state index contributed by atoms with van der Waals surface area (Å²) in [6.45, 7) is 1.19. The summed E-state index contributed by atoms with van der Waals surface area (Å²) in [5.74, 6) is -2.57. The minimum Gasteiger partial charge on any atom is -0.394 e. The number of carbonyl (C=O) groups excluding carboxylic acids is 2. The van der Waals surface area contributed by atoms with E-state index in [-0.39, 0.29) is 18.6 Å². The van der Waals surface area contributed by atoms with Crippen molar-refractivity contribution in [1.29, 1.82) is 0 Å². The van der Waals surface area contributed by atoms with Crippen LogP contribution in [0.2, 0.25) is 0 Å². The molecule has 0 saturated heterocycles. The van der Waals surface area contributed by atoms with Crippen molar-refractivity contribution >= 4 is 11.8 Å². The van der Waals surface area contributed by atoms with Gasteiger partial charge in [-0.3, -0.25) is 9.59 Å². The molecule has 2 aromatic carbocycles. The standard InChI is InChI=1S/C19H20F2N2O3/c1-12(19(26)23-17(11-24)14-5-3-2-4-6-14)22-18(25)9-13-7-15(20)10-16(21)8-13/h2-8,10,12,17,24H,9,11H2,1H3,(H,22,25)(H,23,26)/t12-,17+/m0/s1. The minimum absolute atomic E-state index is 0.171. The number of halogens is 2. The molecule has 26 heavy (non-hydrogen) atoms. The Morgan fingerprint density at radius 2 is 1.65 bits per heavy atom. The van der Waals surface area contributed by atoms with Crippen molar-refractivity contribution in [2.24, 2.45) is 0 Å². The average Bonchev–Trinajstić information content (AvgIpc) is 2.59. The first kappa shape index (κ1) is 19.5. The van der Waals surface area contributed by atoms with E-state index in [1.54, 1.807) is 24.3 Å². The zero-order valence-electron chi connectivity index (χ0n) is 14.2. The number of hydrogen-bond acceptors (Lipinski definition) is 3. The van der Waals surface area contributed by atoms with Crippen LogP contribution in [0.3, 0.4) is 0 Å². The van der Waals surface area contributed by atoms with Crippen molar-refractivity contribution in [1.82, 2.24) is 10.6 Å². The van der Waals surface area contributed by atoms with Crippen LogP contribution < -0.4 is 10.6 Å². The smallest absolute Gasteiger partial charge is 0.242 e. The van der Waals surface area contributed by atoms with Gasteiger partial charge in [0, 0.05) is 6.07 Å². The SMILES string of the molecule is C[C@H](NC(=O)Cc1cc(F)cc(F)c1)C(=O)N[C@H](CO)c1ccccc1. The highest BCUT2D eigenvalue weighted by Gasteiger charge is 2.20. The fraction of sp³-hybridized carbons (Fsp3) is 0.263. The predicted octanol–water partition coefficient (Wildman–Crippen LogP) is 1.86. The maximum absolute atomic E-state index is 13.2. The number of nitrogens with one attached hydrogen (secondary N) is 2. The Kier molecular flexibility index (Phi) is 6.80. The molecule has 0 aromatic heterocycles. The van der Waals surface area contributed by atoms with Gasteiger partial charge in [-0.25, -0.2) is 8.78 Å². The van der Waals surface area contributed by atoms with Crippen molar-refractivity contribution in [2.45, 2.75) is 25.4 Å². The van der Waals surface area contributed by atoms with Crippen molar-refractivity contribution in [2.75, 3.05) is 6.61 Å². The Labute approximate surface area is 150 Å². The Morgan fingerprint density at radius 1 is 1.04 bits per heavy atom. The molecular weight excluding hydrogens is 342 g/mol. The Balaban J connectivity index is 1.92. The number of aliphatic hydroxyl groups is 1. The van der Waals surface area contributed by atoms with Crippen LogP contribution in [0.25, 0.3) is 0 Å². The molecule has 7 heteroatoms. The average molecular weight is 362 g/mol. The van der Waals surface area contributed by atoms with E-state index in [1.165, 1.54) is 6.92 Å². The predicted molar refractivity (Wildman–Crippen MR) is 92.1 cm³/mol. The summed E-state index contributed by atoms with van der Waals surface area (Å²) in [5.41, 5.74) is 0.905. The van der Waals surface area contributed by atoms with E-state index in [2.05, 4.69) is 10.6 Å². The van der Waals surface area contributed by atoms with E-state index < -0.39 is 35.5 Å². The van der Waals surface area contributed by atoms with Gasteiger partial charge in [0.25, 0.3) is 0 Å². The summed E-state index contributed by atoms with van der Waals surface area (Å²) in [6, 6.07) is 10.3. The minimum atomic E-state index is -0.876. The lowest BCUT2D eigenvalue weighted by molar-refractivity contribution is -0.128. The van der Waals surface area contributed by atoms with E-state index in [1.807, 2.05) is 6.07 Å². The van der Waals surface area contributed by atoms with Crippen LogP contribution in [0.4, 0.5) is 8.78 Å². The molecule has 0 saturated carbocycles. The van der Waals surface area contributed by atoms with Gasteiger partial charge >= 0.3 is 0 Å². The summed E-state index contributed by atoms with van der Waals surface area (Å²) in [7, 11) is 0. The topological polar surface area (TPSA) is 78.4 Å². The Hall–Kier alpha value is -2.80. The molecule has 0 bridgehead atoms. The van der Waals surface area contributed by atoms with Crippen LogP contribution in [-0.4, -0.2) is 29.6 Å². The zero-order valence-corrected chi connectivity index (χ0v) is 14.2. The maximum Gasteiger partial charge on any atom is 0.242 e. The molecule has 0 fully saturated rings. The lowest BCUT2D eigenvalue weighted by Gasteiger charge is -2.20. The van der Waals surface area contributed by atoms with Crippen molar-refractivity contribution < 1.29 is 23.5 Å². The third kappa shape index (κ3) is 5.63. The molecular formula is C19H20F2N2O3. The molecule has 5 nitrogen and oxygen atoms in total. The summed E-state index contributed by atoms with van der Waals surface area (Å²) in [4.78, 5) is 24.2. The first-order valence-corrected chi connectivity index (χ1v) is 8.09. The number of hydrogen-bond donors (Lipinski definition) is 3. The van der Waals surface area contributed by atoms with Gasteiger partial charge in [0.2, 0.25) is 11.8 Å². The molecule has 0 heterocycles. The molecule has 0 unspecified atom stereocenters. The van der Waals surface area contributed by atoms with Gasteiger partial charge in [-0.2, -0.15) is 0 Å². The van der Waals surface area contributed by atoms with E-state index in [4.69, 9.17) is 0 Å². The second kappa shape index (κ2) is 9.05. The van der Waals surface area contributed by atoms with Crippen LogP contribution in [0.15, 0.2) is 48.5 Å². The number of benzene rings is 2. The van der Waals surface area contributed by atoms with E-state index >= 15 is 0 Å². The number of aliphatic hydroxyl groups excluding tert-OH is 1. The first-order valence-electron chi connectivity index (χ1n) is 8.09. The molecule has 3 N–H and O–H groups in total. The van der Waals surface area contributed by atoms with E-state index in [9.17, 15) is 23.5 Å². The number of amides is 2. The normalized spacial score (nSPS) is 12.9. The van der Waals surface area contributed by atoms with Crippen LogP contribution >= 0.6 is 0 Å². The highest BCUT2D eigenvalue weighted by molar-refractivity contribution is 5.88. The lowest BCUT2D eigenvalue weighted by Crippen LogP contribution is -2.46. The second-order valence-corrected chi connectivity index (χ2v) is 5.90. The van der Waals surface area contributed by atoms with E-state index in [0.717, 1.165) is 23.8 Å². The Bertz CT molecular complexity index is 748. The van der Waals surface area contributed by atoms with Gasteiger partial charge in [0.15, 0.2) is 0 Å². The molecule has 2 atom stereocenters. The molecule has 0 aliphatic heterocycles. The molecule has 0 aliphatic carbocycles. The van der Waals surface area contributed by atoms with Gasteiger partial charge in [-0.1, -0.05) is 30.3 Å². The van der Waals surface area contributed by atoms with Gasteiger partial charge in [0.05, 0.1) is 19.1 Å². The highest BCUT2D eigenvalue weighted by Crippen LogP contribution is 2.12. The second-order valence-electron chi connectivity index (χ2n) is 5.90. The Morgan fingerprint density at radius 3 is 2.23 bits per heavy atom. The molecule has 138 valence electrons. The van der Waals surface area contributed by atoms with Crippen molar-refractivity contribution in [3.8, 4) is 0 Å². The van der Waals surface area contributed by atoms with Gasteiger partial charge in [-0.15, -0.1) is 0 Å². The third-order valence-corrected chi connectivity index (χ3v) is 3.76. The summed E-state index contributed by atoms with van der Waals surface area (Å²) >= 11 is 0. The molecule has 0 spiro atoms. The largest absolute Gasteiger partial charge is 0.394 e. The van der Waals surface area contributed by atoms with Crippen LogP contribution in [0, 0.1) is 11.6 Å². The molecule has 2 amide bonds. The lowest BCUT2D eigenvalue weighted by atomic mass is 10.1. The zero-order chi connectivity index (χ0) is 19.1. The number of rotatable bonds is 7. The first-order chi connectivity index (χ1) is 12.4. The monoisotopic (exact) mass is 362 g/mol. The van der Waals surface area contributed by atoms with Gasteiger partial charge < -0.3 is 15.7 Å². The molecule has 0 aliphatic rings.